The highest BCUT2D eigenvalue weighted by molar-refractivity contribution is 7.90. The lowest BCUT2D eigenvalue weighted by Crippen LogP contribution is -2.49. The van der Waals surface area contributed by atoms with Crippen LogP contribution in [0.2, 0.25) is 0 Å². The Kier molecular flexibility index (Phi) is 9.75. The number of carbonyl (C=O) groups is 1. The maximum Gasteiger partial charge on any atom is 0.254 e. The van der Waals surface area contributed by atoms with Crippen LogP contribution >= 0.6 is 0 Å². The number of amides is 1. The van der Waals surface area contributed by atoms with Gasteiger partial charge in [0.05, 0.1) is 10.6 Å². The standard InChI is InChI=1S/C32H40N2O3S/c1-3-4-9-28-14-16-29(17-15-28)25-38(36,37)30-18-13-26(2)31(24-30)32(35)34-22-20-33(21-23-34)19-8-12-27-10-6-5-7-11-27/h5-7,10-11,13-18,24H,3-4,8-9,12,19-23,25H2,1-2H3. The topological polar surface area (TPSA) is 57.7 Å². The van der Waals surface area contributed by atoms with E-state index in [1.54, 1.807) is 18.2 Å². The molecule has 4 rings (SSSR count). The van der Waals surface area contributed by atoms with Gasteiger partial charge in [0, 0.05) is 31.7 Å². The summed E-state index contributed by atoms with van der Waals surface area (Å²) in [6, 6.07) is 23.3. The van der Waals surface area contributed by atoms with Crippen LogP contribution in [0.4, 0.5) is 0 Å². The van der Waals surface area contributed by atoms with Crippen molar-refractivity contribution in [2.45, 2.75) is 56.6 Å². The molecular weight excluding hydrogens is 492 g/mol. The number of unbranched alkanes of at least 4 members (excludes halogenated alkanes) is 1. The minimum Gasteiger partial charge on any atom is -0.336 e. The molecule has 1 saturated heterocycles. The van der Waals surface area contributed by atoms with E-state index in [4.69, 9.17) is 0 Å². The van der Waals surface area contributed by atoms with Crippen LogP contribution in [0, 0.1) is 6.92 Å². The van der Waals surface area contributed by atoms with E-state index in [1.165, 1.54) is 11.1 Å². The first kappa shape index (κ1) is 28.1. The van der Waals surface area contributed by atoms with E-state index in [2.05, 4.69) is 36.1 Å². The predicted molar refractivity (Wildman–Crippen MR) is 154 cm³/mol. The Morgan fingerprint density at radius 2 is 1.42 bits per heavy atom. The molecule has 0 aliphatic carbocycles. The van der Waals surface area contributed by atoms with Gasteiger partial charge < -0.3 is 4.90 Å². The zero-order chi connectivity index (χ0) is 27.0. The molecule has 0 unspecified atom stereocenters. The van der Waals surface area contributed by atoms with Crippen molar-refractivity contribution in [1.29, 1.82) is 0 Å². The van der Waals surface area contributed by atoms with Gasteiger partial charge in [-0.25, -0.2) is 8.42 Å². The third-order valence-electron chi connectivity index (χ3n) is 7.44. The predicted octanol–water partition coefficient (Wildman–Crippen LogP) is 5.70. The fraction of sp³-hybridized carbons (Fsp3) is 0.406. The van der Waals surface area contributed by atoms with Gasteiger partial charge in [-0.3, -0.25) is 9.69 Å². The second-order valence-corrected chi connectivity index (χ2v) is 12.4. The molecule has 3 aromatic rings. The van der Waals surface area contributed by atoms with Gasteiger partial charge in [0.2, 0.25) is 0 Å². The van der Waals surface area contributed by atoms with Crippen LogP contribution < -0.4 is 0 Å². The highest BCUT2D eigenvalue weighted by atomic mass is 32.2. The van der Waals surface area contributed by atoms with Crippen LogP contribution in [0.15, 0.2) is 77.7 Å². The molecule has 0 bridgehead atoms. The Bertz CT molecular complexity index is 1300. The minimum atomic E-state index is -3.57. The molecule has 1 amide bonds. The van der Waals surface area contributed by atoms with Gasteiger partial charge in [0.15, 0.2) is 9.84 Å². The molecule has 0 radical (unpaired) electrons. The summed E-state index contributed by atoms with van der Waals surface area (Å²) in [6.45, 7) is 8.05. The van der Waals surface area contributed by atoms with Crippen LogP contribution in [0.5, 0.6) is 0 Å². The molecule has 38 heavy (non-hydrogen) atoms. The summed E-state index contributed by atoms with van der Waals surface area (Å²) in [5.74, 6) is -0.150. The lowest BCUT2D eigenvalue weighted by atomic mass is 10.1. The number of piperazine rings is 1. The number of sulfone groups is 1. The van der Waals surface area contributed by atoms with Gasteiger partial charge >= 0.3 is 0 Å². The molecule has 0 spiro atoms. The number of carbonyl (C=O) groups excluding carboxylic acids is 1. The van der Waals surface area contributed by atoms with Crippen molar-refractivity contribution < 1.29 is 13.2 Å². The largest absolute Gasteiger partial charge is 0.336 e. The molecule has 0 atom stereocenters. The fourth-order valence-electron chi connectivity index (χ4n) is 5.01. The quantitative estimate of drug-likeness (QED) is 0.318. The molecule has 6 heteroatoms. The summed E-state index contributed by atoms with van der Waals surface area (Å²) in [5, 5.41) is 0. The second-order valence-electron chi connectivity index (χ2n) is 10.4. The van der Waals surface area contributed by atoms with Crippen molar-refractivity contribution >= 4 is 15.7 Å². The number of rotatable bonds is 11. The van der Waals surface area contributed by atoms with Crippen molar-refractivity contribution in [2.24, 2.45) is 0 Å². The summed E-state index contributed by atoms with van der Waals surface area (Å²) in [4.78, 5) is 17.9. The number of hydrogen-bond donors (Lipinski definition) is 0. The zero-order valence-corrected chi connectivity index (χ0v) is 23.6. The van der Waals surface area contributed by atoms with Crippen LogP contribution in [0.3, 0.4) is 0 Å². The Morgan fingerprint density at radius 1 is 0.789 bits per heavy atom. The van der Waals surface area contributed by atoms with Crippen molar-refractivity contribution in [1.82, 2.24) is 9.80 Å². The number of hydrogen-bond acceptors (Lipinski definition) is 4. The number of benzene rings is 3. The SMILES string of the molecule is CCCCc1ccc(CS(=O)(=O)c2ccc(C)c(C(=O)N3CCN(CCCc4ccccc4)CC3)c2)cc1. The van der Waals surface area contributed by atoms with Gasteiger partial charge in [-0.05, 0) is 73.5 Å². The number of nitrogens with zero attached hydrogens (tertiary/aromatic N) is 2. The molecule has 0 aromatic heterocycles. The molecule has 0 N–H and O–H groups in total. The Balaban J connectivity index is 1.34. The monoisotopic (exact) mass is 532 g/mol. The van der Waals surface area contributed by atoms with Gasteiger partial charge in [-0.15, -0.1) is 0 Å². The maximum absolute atomic E-state index is 13.4. The minimum absolute atomic E-state index is 0.0700. The van der Waals surface area contributed by atoms with E-state index < -0.39 is 9.84 Å². The molecule has 202 valence electrons. The summed E-state index contributed by atoms with van der Waals surface area (Å²) >= 11 is 0. The molecule has 0 saturated carbocycles. The third kappa shape index (κ3) is 7.55. The number of aryl methyl sites for hydroxylation is 3. The molecule has 1 heterocycles. The van der Waals surface area contributed by atoms with E-state index >= 15 is 0 Å². The molecule has 1 aliphatic rings. The van der Waals surface area contributed by atoms with E-state index in [-0.39, 0.29) is 16.6 Å². The van der Waals surface area contributed by atoms with Crippen molar-refractivity contribution in [3.05, 3.63) is 101 Å². The second kappa shape index (κ2) is 13.2. The lowest BCUT2D eigenvalue weighted by molar-refractivity contribution is 0.0635. The van der Waals surface area contributed by atoms with E-state index in [9.17, 15) is 13.2 Å². The Hall–Kier alpha value is -2.96. The van der Waals surface area contributed by atoms with Gasteiger partial charge in [-0.2, -0.15) is 0 Å². The lowest BCUT2D eigenvalue weighted by Gasteiger charge is -2.35. The van der Waals surface area contributed by atoms with Gasteiger partial charge in [0.1, 0.15) is 0 Å². The van der Waals surface area contributed by atoms with Crippen molar-refractivity contribution in [3.8, 4) is 0 Å². The normalized spacial score (nSPS) is 14.5. The smallest absolute Gasteiger partial charge is 0.254 e. The van der Waals surface area contributed by atoms with Crippen LogP contribution in [-0.4, -0.2) is 56.8 Å². The van der Waals surface area contributed by atoms with Gasteiger partial charge in [0.25, 0.3) is 5.91 Å². The molecule has 3 aromatic carbocycles. The average molecular weight is 533 g/mol. The Morgan fingerprint density at radius 3 is 2.11 bits per heavy atom. The van der Waals surface area contributed by atoms with E-state index in [1.807, 2.05) is 42.2 Å². The summed E-state index contributed by atoms with van der Waals surface area (Å²) in [7, 11) is -3.57. The van der Waals surface area contributed by atoms with Crippen LogP contribution in [0.1, 0.15) is 58.8 Å². The summed E-state index contributed by atoms with van der Waals surface area (Å²) < 4.78 is 26.5. The van der Waals surface area contributed by atoms with E-state index in [0.717, 1.165) is 62.9 Å². The van der Waals surface area contributed by atoms with Crippen LogP contribution in [-0.2, 0) is 28.4 Å². The van der Waals surface area contributed by atoms with Crippen LogP contribution in [0.25, 0.3) is 0 Å². The van der Waals surface area contributed by atoms with Crippen molar-refractivity contribution in [3.63, 3.8) is 0 Å². The highest BCUT2D eigenvalue weighted by Crippen LogP contribution is 2.22. The molecule has 1 aliphatic heterocycles. The first-order chi connectivity index (χ1) is 18.4. The molecular formula is C32H40N2O3S. The van der Waals surface area contributed by atoms with Gasteiger partial charge in [-0.1, -0.05) is 74.0 Å². The zero-order valence-electron chi connectivity index (χ0n) is 22.7. The third-order valence-corrected chi connectivity index (χ3v) is 9.12. The van der Waals surface area contributed by atoms with Crippen molar-refractivity contribution in [2.75, 3.05) is 32.7 Å². The summed E-state index contributed by atoms with van der Waals surface area (Å²) in [6.07, 6.45) is 5.42. The fourth-order valence-corrected chi connectivity index (χ4v) is 6.38. The first-order valence-electron chi connectivity index (χ1n) is 13.8. The van der Waals surface area contributed by atoms with E-state index in [0.29, 0.717) is 18.7 Å². The highest BCUT2D eigenvalue weighted by Gasteiger charge is 2.25. The Labute approximate surface area is 228 Å². The molecule has 1 fully saturated rings. The maximum atomic E-state index is 13.4. The average Bonchev–Trinajstić information content (AvgIpc) is 2.93. The summed E-state index contributed by atoms with van der Waals surface area (Å²) in [5.41, 5.74) is 4.64. The first-order valence-corrected chi connectivity index (χ1v) is 15.5. The molecule has 5 nitrogen and oxygen atoms in total.